The van der Waals surface area contributed by atoms with E-state index in [1.807, 2.05) is 6.92 Å². The molecule has 148 valence electrons. The molecule has 1 saturated carbocycles. The largest absolute Gasteiger partial charge is 0.355 e. The minimum Gasteiger partial charge on any atom is -0.355 e. The van der Waals surface area contributed by atoms with E-state index >= 15 is 0 Å². The van der Waals surface area contributed by atoms with Crippen LogP contribution in [0.3, 0.4) is 0 Å². The quantitative estimate of drug-likeness (QED) is 0.722. The highest BCUT2D eigenvalue weighted by Crippen LogP contribution is 2.41. The summed E-state index contributed by atoms with van der Waals surface area (Å²) < 4.78 is 0. The standard InChI is InChI=1S/C21H32N4O2/c1-3-22-19(26)14-24-10-12-25(13-11-24)15-20(27)23-21(18-8-9-18)17-6-4-16(2)5-7-17/h4-7,18,21H,3,8-15H2,1-2H3,(H,22,26)(H,23,27). The first-order valence-corrected chi connectivity index (χ1v) is 10.1. The zero-order valence-corrected chi connectivity index (χ0v) is 16.5. The SMILES string of the molecule is CCNC(=O)CN1CCN(CC(=O)NC(c2ccc(C)cc2)C2CC2)CC1. The minimum absolute atomic E-state index is 0.0778. The molecule has 27 heavy (non-hydrogen) atoms. The Morgan fingerprint density at radius 3 is 2.07 bits per heavy atom. The van der Waals surface area contributed by atoms with Gasteiger partial charge in [-0.25, -0.2) is 0 Å². The summed E-state index contributed by atoms with van der Waals surface area (Å²) in [7, 11) is 0. The Labute approximate surface area is 162 Å². The van der Waals surface area contributed by atoms with Crippen molar-refractivity contribution in [2.75, 3.05) is 45.8 Å². The average Bonchev–Trinajstić information content (AvgIpc) is 3.47. The van der Waals surface area contributed by atoms with Crippen LogP contribution in [-0.4, -0.2) is 67.4 Å². The van der Waals surface area contributed by atoms with Gasteiger partial charge in [-0.3, -0.25) is 19.4 Å². The lowest BCUT2D eigenvalue weighted by molar-refractivity contribution is -0.125. The van der Waals surface area contributed by atoms with Crippen LogP contribution in [0.4, 0.5) is 0 Å². The maximum atomic E-state index is 12.6. The first-order chi connectivity index (χ1) is 13.0. The Balaban J connectivity index is 1.45. The molecule has 0 spiro atoms. The van der Waals surface area contributed by atoms with E-state index in [0.29, 0.717) is 25.6 Å². The van der Waals surface area contributed by atoms with Crippen molar-refractivity contribution in [3.05, 3.63) is 35.4 Å². The summed E-state index contributed by atoms with van der Waals surface area (Å²) in [6.45, 7) is 8.87. The third kappa shape index (κ3) is 6.04. The molecule has 2 N–H and O–H groups in total. The first kappa shape index (κ1) is 19.8. The lowest BCUT2D eigenvalue weighted by atomic mass is 10.0. The van der Waals surface area contributed by atoms with Gasteiger partial charge in [0, 0.05) is 32.7 Å². The highest BCUT2D eigenvalue weighted by atomic mass is 16.2. The van der Waals surface area contributed by atoms with Crippen molar-refractivity contribution in [2.45, 2.75) is 32.7 Å². The van der Waals surface area contributed by atoms with Gasteiger partial charge in [0.15, 0.2) is 0 Å². The van der Waals surface area contributed by atoms with Crippen LogP contribution in [0.15, 0.2) is 24.3 Å². The average molecular weight is 373 g/mol. The Morgan fingerprint density at radius 1 is 1.00 bits per heavy atom. The lowest BCUT2D eigenvalue weighted by Gasteiger charge is -2.34. The second kappa shape index (κ2) is 9.33. The molecule has 0 bridgehead atoms. The van der Waals surface area contributed by atoms with Crippen molar-refractivity contribution < 1.29 is 9.59 Å². The number of hydrogen-bond acceptors (Lipinski definition) is 4. The molecular weight excluding hydrogens is 340 g/mol. The van der Waals surface area contributed by atoms with Gasteiger partial charge in [-0.05, 0) is 38.2 Å². The van der Waals surface area contributed by atoms with Crippen molar-refractivity contribution in [2.24, 2.45) is 5.92 Å². The number of piperazine rings is 1. The molecule has 1 aromatic carbocycles. The number of carbonyl (C=O) groups is 2. The van der Waals surface area contributed by atoms with Crippen molar-refractivity contribution >= 4 is 11.8 Å². The second-order valence-electron chi connectivity index (χ2n) is 7.80. The van der Waals surface area contributed by atoms with E-state index < -0.39 is 0 Å². The van der Waals surface area contributed by atoms with Crippen LogP contribution in [0.1, 0.15) is 36.9 Å². The number of aryl methyl sites for hydroxylation is 1. The maximum Gasteiger partial charge on any atom is 0.234 e. The molecule has 2 fully saturated rings. The molecule has 1 saturated heterocycles. The van der Waals surface area contributed by atoms with E-state index in [1.165, 1.54) is 24.0 Å². The third-order valence-electron chi connectivity index (χ3n) is 5.42. The molecule has 1 aliphatic heterocycles. The summed E-state index contributed by atoms with van der Waals surface area (Å²) in [5.74, 6) is 0.754. The van der Waals surface area contributed by atoms with Crippen molar-refractivity contribution in [1.82, 2.24) is 20.4 Å². The van der Waals surface area contributed by atoms with Crippen LogP contribution in [0.5, 0.6) is 0 Å². The predicted octanol–water partition coefficient (Wildman–Crippen LogP) is 1.32. The van der Waals surface area contributed by atoms with E-state index in [2.05, 4.69) is 51.6 Å². The van der Waals surface area contributed by atoms with Crippen LogP contribution in [0.2, 0.25) is 0 Å². The van der Waals surface area contributed by atoms with E-state index in [1.54, 1.807) is 0 Å². The number of nitrogens with zero attached hydrogens (tertiary/aromatic N) is 2. The summed E-state index contributed by atoms with van der Waals surface area (Å²) in [6, 6.07) is 8.64. The summed E-state index contributed by atoms with van der Waals surface area (Å²) in [4.78, 5) is 28.6. The van der Waals surface area contributed by atoms with Crippen LogP contribution in [0, 0.1) is 12.8 Å². The maximum absolute atomic E-state index is 12.6. The molecule has 1 heterocycles. The third-order valence-corrected chi connectivity index (χ3v) is 5.42. The number of hydrogen-bond donors (Lipinski definition) is 2. The van der Waals surface area contributed by atoms with E-state index in [9.17, 15) is 9.59 Å². The molecule has 0 aromatic heterocycles. The number of rotatable bonds is 8. The molecule has 6 nitrogen and oxygen atoms in total. The van der Waals surface area contributed by atoms with E-state index in [4.69, 9.17) is 0 Å². The summed E-state index contributed by atoms with van der Waals surface area (Å²) in [6.07, 6.45) is 2.38. The van der Waals surface area contributed by atoms with Gasteiger partial charge >= 0.3 is 0 Å². The van der Waals surface area contributed by atoms with Gasteiger partial charge < -0.3 is 10.6 Å². The van der Waals surface area contributed by atoms with Gasteiger partial charge in [0.25, 0.3) is 0 Å². The van der Waals surface area contributed by atoms with Gasteiger partial charge in [0.1, 0.15) is 0 Å². The number of amides is 2. The van der Waals surface area contributed by atoms with Gasteiger partial charge in [0.2, 0.25) is 11.8 Å². The Hall–Kier alpha value is -1.92. The summed E-state index contributed by atoms with van der Waals surface area (Å²) >= 11 is 0. The minimum atomic E-state index is 0.0778. The zero-order chi connectivity index (χ0) is 19.2. The highest BCUT2D eigenvalue weighted by molar-refractivity contribution is 5.79. The smallest absolute Gasteiger partial charge is 0.234 e. The van der Waals surface area contributed by atoms with Crippen LogP contribution >= 0.6 is 0 Å². The normalized spacial score (nSPS) is 19.5. The molecule has 2 amide bonds. The molecule has 0 radical (unpaired) electrons. The van der Waals surface area contributed by atoms with E-state index in [0.717, 1.165) is 26.2 Å². The van der Waals surface area contributed by atoms with Crippen molar-refractivity contribution in [3.8, 4) is 0 Å². The number of nitrogens with one attached hydrogen (secondary N) is 2. The topological polar surface area (TPSA) is 64.7 Å². The number of likely N-dealkylation sites (N-methyl/N-ethyl adjacent to an activating group) is 1. The summed E-state index contributed by atoms with van der Waals surface area (Å²) in [5, 5.41) is 6.10. The van der Waals surface area contributed by atoms with Crippen LogP contribution < -0.4 is 10.6 Å². The molecule has 3 rings (SSSR count). The van der Waals surface area contributed by atoms with E-state index in [-0.39, 0.29) is 17.9 Å². The van der Waals surface area contributed by atoms with Crippen LogP contribution in [-0.2, 0) is 9.59 Å². The lowest BCUT2D eigenvalue weighted by Crippen LogP contribution is -2.51. The van der Waals surface area contributed by atoms with Gasteiger partial charge in [-0.2, -0.15) is 0 Å². The van der Waals surface area contributed by atoms with Crippen LogP contribution in [0.25, 0.3) is 0 Å². The van der Waals surface area contributed by atoms with Gasteiger partial charge in [0.05, 0.1) is 19.1 Å². The molecule has 2 aliphatic rings. The Bertz CT molecular complexity index is 634. The first-order valence-electron chi connectivity index (χ1n) is 10.1. The number of carbonyl (C=O) groups excluding carboxylic acids is 2. The molecule has 6 heteroatoms. The molecule has 1 aromatic rings. The Kier molecular flexibility index (Phi) is 6.85. The predicted molar refractivity (Wildman–Crippen MR) is 106 cm³/mol. The monoisotopic (exact) mass is 372 g/mol. The van der Waals surface area contributed by atoms with Gasteiger partial charge in [-0.1, -0.05) is 29.8 Å². The zero-order valence-electron chi connectivity index (χ0n) is 16.5. The van der Waals surface area contributed by atoms with Crippen molar-refractivity contribution in [1.29, 1.82) is 0 Å². The molecule has 1 unspecified atom stereocenters. The molecule has 1 atom stereocenters. The fourth-order valence-electron chi connectivity index (χ4n) is 3.66. The second-order valence-corrected chi connectivity index (χ2v) is 7.80. The molecular formula is C21H32N4O2. The molecule has 1 aliphatic carbocycles. The number of benzene rings is 1. The fraction of sp³-hybridized carbons (Fsp3) is 0.619. The fourth-order valence-corrected chi connectivity index (χ4v) is 3.66. The van der Waals surface area contributed by atoms with Crippen molar-refractivity contribution in [3.63, 3.8) is 0 Å². The summed E-state index contributed by atoms with van der Waals surface area (Å²) in [5.41, 5.74) is 2.45. The highest BCUT2D eigenvalue weighted by Gasteiger charge is 2.33. The van der Waals surface area contributed by atoms with Gasteiger partial charge in [-0.15, -0.1) is 0 Å². The Morgan fingerprint density at radius 2 is 1.56 bits per heavy atom.